The van der Waals surface area contributed by atoms with Crippen molar-refractivity contribution >= 4 is 34.6 Å². The summed E-state index contributed by atoms with van der Waals surface area (Å²) in [5.41, 5.74) is -0.827. The molecule has 1 saturated heterocycles. The number of alkyl carbamates (subject to hydrolysis) is 1. The van der Waals surface area contributed by atoms with Crippen molar-refractivity contribution in [1.82, 2.24) is 10.2 Å². The number of hydrogen-bond acceptors (Lipinski definition) is 10. The molecule has 0 bridgehead atoms. The fourth-order valence-corrected chi connectivity index (χ4v) is 5.08. The summed E-state index contributed by atoms with van der Waals surface area (Å²) < 4.78 is 17.1. The number of aromatic hydroxyl groups is 2. The topological polar surface area (TPSA) is 159 Å². The van der Waals surface area contributed by atoms with Crippen LogP contribution in [-0.2, 0) is 14.3 Å². The van der Waals surface area contributed by atoms with Crippen molar-refractivity contribution in [3.05, 3.63) is 57.2 Å². The highest BCUT2D eigenvalue weighted by molar-refractivity contribution is 6.33. The highest BCUT2D eigenvalue weighted by atomic mass is 35.5. The van der Waals surface area contributed by atoms with E-state index in [0.717, 1.165) is 6.07 Å². The number of nitrogens with zero attached hydrogens (tertiary/aromatic N) is 1. The summed E-state index contributed by atoms with van der Waals surface area (Å²) >= 11 is 6.34. The van der Waals surface area contributed by atoms with Gasteiger partial charge in [-0.05, 0) is 52.9 Å². The monoisotopic (exact) mass is 588 g/mol. The molecule has 1 aliphatic rings. The number of carbonyl (C=O) groups excluding carboxylic acids is 2. The fraction of sp³-hybridized carbons (Fsp3) is 0.414. The highest BCUT2D eigenvalue weighted by Crippen LogP contribution is 2.43. The number of piperidine rings is 1. The number of nitrogens with one attached hydrogen (secondary N) is 1. The van der Waals surface area contributed by atoms with Crippen molar-refractivity contribution < 1.29 is 38.8 Å². The quantitative estimate of drug-likeness (QED) is 0.312. The Morgan fingerprint density at radius 1 is 1.20 bits per heavy atom. The van der Waals surface area contributed by atoms with E-state index < -0.39 is 53.5 Å². The van der Waals surface area contributed by atoms with E-state index in [1.807, 2.05) is 11.9 Å². The van der Waals surface area contributed by atoms with Crippen molar-refractivity contribution in [3.63, 3.8) is 0 Å². The van der Waals surface area contributed by atoms with E-state index in [2.05, 4.69) is 5.32 Å². The Hall–Kier alpha value is -3.80. The summed E-state index contributed by atoms with van der Waals surface area (Å²) in [5, 5.41) is 33.9. The molecule has 11 nitrogen and oxygen atoms in total. The molecule has 0 radical (unpaired) electrons. The van der Waals surface area contributed by atoms with Crippen LogP contribution >= 0.6 is 11.6 Å². The standard InChI is InChI=1S/C29H33ClN2O9/c1-29(2,3)41-28(38)31-18(14-33)27(37)40-23-13-32(4)10-9-16(23)24-19(34)11-20(35)25-21(36)12-22(39-26(24)25)15-7-5-6-8-17(15)30/h5-8,11-12,16,18,23,33-35H,9-10,13-14H2,1-4H3,(H,31,38)/t16-,18-,23+/m0/s1. The van der Waals surface area contributed by atoms with Crippen LogP contribution in [-0.4, -0.2) is 76.8 Å². The van der Waals surface area contributed by atoms with Crippen LogP contribution in [0.3, 0.4) is 0 Å². The number of esters is 1. The molecule has 1 aliphatic heterocycles. The molecule has 0 aliphatic carbocycles. The van der Waals surface area contributed by atoms with E-state index in [9.17, 15) is 29.7 Å². The van der Waals surface area contributed by atoms with E-state index in [-0.39, 0.29) is 34.6 Å². The smallest absolute Gasteiger partial charge is 0.408 e. The summed E-state index contributed by atoms with van der Waals surface area (Å²) in [4.78, 5) is 40.4. The van der Waals surface area contributed by atoms with E-state index in [4.69, 9.17) is 25.5 Å². The highest BCUT2D eigenvalue weighted by Gasteiger charge is 2.38. The molecular weight excluding hydrogens is 556 g/mol. The zero-order valence-electron chi connectivity index (χ0n) is 23.1. The van der Waals surface area contributed by atoms with Crippen molar-refractivity contribution in [2.75, 3.05) is 26.7 Å². The number of carbonyl (C=O) groups is 2. The Bertz CT molecular complexity index is 1510. The van der Waals surface area contributed by atoms with Crippen LogP contribution in [0.4, 0.5) is 4.79 Å². The molecular formula is C29H33ClN2O9. The molecule has 1 fully saturated rings. The second-order valence-corrected chi connectivity index (χ2v) is 11.4. The number of ether oxygens (including phenoxy) is 2. The predicted molar refractivity (Wildman–Crippen MR) is 151 cm³/mol. The number of aliphatic hydroxyl groups is 1. The SMILES string of the molecule is CN1CC[C@H](c2c(O)cc(O)c3c(=O)cc(-c4ccccc4Cl)oc23)[C@H](OC(=O)[C@H](CO)NC(=O)OC(C)(C)C)C1. The number of halogens is 1. The van der Waals surface area contributed by atoms with Crippen LogP contribution in [0.1, 0.15) is 38.7 Å². The third-order valence-electron chi connectivity index (χ3n) is 6.70. The average molecular weight is 589 g/mol. The first-order chi connectivity index (χ1) is 19.3. The van der Waals surface area contributed by atoms with Crippen LogP contribution in [0, 0.1) is 0 Å². The minimum atomic E-state index is -1.41. The summed E-state index contributed by atoms with van der Waals surface area (Å²) in [6.45, 7) is 5.02. The first-order valence-electron chi connectivity index (χ1n) is 13.1. The molecule has 0 saturated carbocycles. The predicted octanol–water partition coefficient (Wildman–Crippen LogP) is 3.74. The van der Waals surface area contributed by atoms with Crippen LogP contribution in [0.25, 0.3) is 22.3 Å². The maximum absolute atomic E-state index is 13.2. The van der Waals surface area contributed by atoms with E-state index in [1.54, 1.807) is 45.0 Å². The van der Waals surface area contributed by atoms with Crippen LogP contribution < -0.4 is 10.7 Å². The number of phenols is 2. The summed E-state index contributed by atoms with van der Waals surface area (Å²) in [6.07, 6.45) is -1.41. The largest absolute Gasteiger partial charge is 0.507 e. The number of phenolic OH excluding ortho intramolecular Hbond substituents is 2. The van der Waals surface area contributed by atoms with Crippen molar-refractivity contribution in [2.24, 2.45) is 0 Å². The third kappa shape index (κ3) is 6.75. The van der Waals surface area contributed by atoms with Crippen LogP contribution in [0.2, 0.25) is 5.02 Å². The Kier molecular flexibility index (Phi) is 8.81. The Labute approximate surface area is 241 Å². The summed E-state index contributed by atoms with van der Waals surface area (Å²) in [5.74, 6) is -2.28. The van der Waals surface area contributed by atoms with Gasteiger partial charge in [-0.2, -0.15) is 0 Å². The van der Waals surface area contributed by atoms with Gasteiger partial charge in [-0.1, -0.05) is 23.7 Å². The zero-order chi connectivity index (χ0) is 30.1. The molecule has 2 aromatic carbocycles. The van der Waals surface area contributed by atoms with Gasteiger partial charge in [-0.25, -0.2) is 9.59 Å². The number of aliphatic hydroxyl groups excluding tert-OH is 1. The molecule has 0 unspecified atom stereocenters. The number of benzene rings is 2. The molecule has 41 heavy (non-hydrogen) atoms. The van der Waals surface area contributed by atoms with Crippen molar-refractivity contribution in [3.8, 4) is 22.8 Å². The number of likely N-dealkylation sites (tertiary alicyclic amines) is 1. The molecule has 4 rings (SSSR count). The van der Waals surface area contributed by atoms with Crippen molar-refractivity contribution in [1.29, 1.82) is 0 Å². The van der Waals surface area contributed by atoms with Crippen molar-refractivity contribution in [2.45, 2.75) is 50.9 Å². The molecule has 3 atom stereocenters. The van der Waals surface area contributed by atoms with Crippen LogP contribution in [0.5, 0.6) is 11.5 Å². The molecule has 1 aromatic heterocycles. The van der Waals surface area contributed by atoms with E-state index in [1.165, 1.54) is 6.07 Å². The lowest BCUT2D eigenvalue weighted by molar-refractivity contribution is -0.156. The second kappa shape index (κ2) is 12.0. The fourth-order valence-electron chi connectivity index (χ4n) is 4.85. The van der Waals surface area contributed by atoms with Crippen LogP contribution in [0.15, 0.2) is 45.6 Å². The number of amides is 1. The van der Waals surface area contributed by atoms with Gasteiger partial charge >= 0.3 is 12.1 Å². The molecule has 4 N–H and O–H groups in total. The van der Waals surface area contributed by atoms with Gasteiger partial charge < -0.3 is 39.4 Å². The Morgan fingerprint density at radius 2 is 1.90 bits per heavy atom. The zero-order valence-corrected chi connectivity index (χ0v) is 23.9. The maximum Gasteiger partial charge on any atom is 0.408 e. The van der Waals surface area contributed by atoms with E-state index in [0.29, 0.717) is 23.6 Å². The van der Waals surface area contributed by atoms with Gasteiger partial charge in [0.15, 0.2) is 11.5 Å². The first-order valence-corrected chi connectivity index (χ1v) is 13.4. The molecule has 0 spiro atoms. The lowest BCUT2D eigenvalue weighted by Gasteiger charge is -2.37. The molecule has 220 valence electrons. The molecule has 2 heterocycles. The van der Waals surface area contributed by atoms with Gasteiger partial charge in [0.1, 0.15) is 39.9 Å². The van der Waals surface area contributed by atoms with Gasteiger partial charge in [-0.15, -0.1) is 0 Å². The van der Waals surface area contributed by atoms with Gasteiger partial charge in [0, 0.05) is 35.7 Å². The van der Waals surface area contributed by atoms with Gasteiger partial charge in [0.05, 0.1) is 11.6 Å². The van der Waals surface area contributed by atoms with Gasteiger partial charge in [0.25, 0.3) is 0 Å². The van der Waals surface area contributed by atoms with Gasteiger partial charge in [-0.3, -0.25) is 4.79 Å². The van der Waals surface area contributed by atoms with Gasteiger partial charge in [0.2, 0.25) is 0 Å². The number of hydrogen-bond donors (Lipinski definition) is 4. The molecule has 12 heteroatoms. The summed E-state index contributed by atoms with van der Waals surface area (Å²) in [6, 6.07) is 7.61. The minimum Gasteiger partial charge on any atom is -0.507 e. The second-order valence-electron chi connectivity index (χ2n) is 11.0. The summed E-state index contributed by atoms with van der Waals surface area (Å²) in [7, 11) is 1.82. The maximum atomic E-state index is 13.2. The first kappa shape index (κ1) is 30.2. The third-order valence-corrected chi connectivity index (χ3v) is 7.03. The minimum absolute atomic E-state index is 0.0638. The molecule has 1 amide bonds. The lowest BCUT2D eigenvalue weighted by Crippen LogP contribution is -2.50. The number of rotatable bonds is 6. The normalized spacial score (nSPS) is 18.6. The number of likely N-dealkylation sites (N-methyl/N-ethyl adjacent to an activating group) is 1. The molecule has 3 aromatic rings. The Morgan fingerprint density at radius 3 is 2.56 bits per heavy atom. The van der Waals surface area contributed by atoms with E-state index >= 15 is 0 Å². The number of fused-ring (bicyclic) bond motifs is 1. The lowest BCUT2D eigenvalue weighted by atomic mass is 9.85. The average Bonchev–Trinajstić information content (AvgIpc) is 2.87. The Balaban J connectivity index is 1.75.